The molecule has 5 heteroatoms. The molecule has 0 aromatic heterocycles. The van der Waals surface area contributed by atoms with Gasteiger partial charge in [-0.1, -0.05) is 12.1 Å². The molecule has 3 rings (SSSR count). The average molecular weight is 352 g/mol. The van der Waals surface area contributed by atoms with Crippen molar-refractivity contribution in [3.8, 4) is 0 Å². The molecule has 0 saturated heterocycles. The third-order valence-corrected chi connectivity index (χ3v) is 4.18. The number of aryl methyl sites for hydroxylation is 1. The minimum Gasteiger partial charge on any atom is -0.308 e. The Hall–Kier alpha value is -1.75. The first-order chi connectivity index (χ1) is 10.0. The lowest BCUT2D eigenvalue weighted by Gasteiger charge is -2.29. The van der Waals surface area contributed by atoms with Gasteiger partial charge in [-0.3, -0.25) is 4.79 Å². The Morgan fingerprint density at radius 3 is 2.67 bits per heavy atom. The highest BCUT2D eigenvalue weighted by Crippen LogP contribution is 2.30. The zero-order chi connectivity index (χ0) is 15.0. The van der Waals surface area contributed by atoms with Crippen LogP contribution in [-0.4, -0.2) is 5.91 Å². The van der Waals surface area contributed by atoms with Crippen LogP contribution in [0.4, 0.5) is 14.5 Å². The van der Waals surface area contributed by atoms with Crippen molar-refractivity contribution in [2.45, 2.75) is 19.4 Å². The fraction of sp³-hybridized carbons (Fsp3) is 0.188. The van der Waals surface area contributed by atoms with Crippen molar-refractivity contribution < 1.29 is 13.6 Å². The summed E-state index contributed by atoms with van der Waals surface area (Å²) < 4.78 is 27.1. The third kappa shape index (κ3) is 2.83. The largest absolute Gasteiger partial charge is 0.308 e. The first-order valence-electron chi connectivity index (χ1n) is 6.57. The molecular formula is C16H12BrF2NO. The molecule has 0 atom stereocenters. The van der Waals surface area contributed by atoms with Crippen molar-refractivity contribution in [1.82, 2.24) is 0 Å². The van der Waals surface area contributed by atoms with E-state index >= 15 is 0 Å². The highest BCUT2D eigenvalue weighted by atomic mass is 79.9. The molecule has 0 unspecified atom stereocenters. The molecule has 0 saturated carbocycles. The van der Waals surface area contributed by atoms with E-state index in [4.69, 9.17) is 0 Å². The number of hydrogen-bond donors (Lipinski definition) is 0. The minimum absolute atomic E-state index is 0.0476. The number of fused-ring (bicyclic) bond motifs is 1. The highest BCUT2D eigenvalue weighted by Gasteiger charge is 2.24. The van der Waals surface area contributed by atoms with Crippen molar-refractivity contribution in [3.63, 3.8) is 0 Å². The number of rotatable bonds is 2. The van der Waals surface area contributed by atoms with Crippen LogP contribution in [0.3, 0.4) is 0 Å². The number of nitrogens with zero attached hydrogens (tertiary/aromatic N) is 1. The SMILES string of the molecule is O=C1CCc2ccc(F)cc2N1Cc1ccc(F)c(Br)c1. The van der Waals surface area contributed by atoms with Crippen LogP contribution >= 0.6 is 15.9 Å². The summed E-state index contributed by atoms with van der Waals surface area (Å²) in [6, 6.07) is 9.11. The first-order valence-corrected chi connectivity index (χ1v) is 7.36. The van der Waals surface area contributed by atoms with Gasteiger partial charge in [0, 0.05) is 6.42 Å². The predicted octanol–water partition coefficient (Wildman–Crippen LogP) is 4.21. The second kappa shape index (κ2) is 5.56. The van der Waals surface area contributed by atoms with Crippen molar-refractivity contribution in [2.75, 3.05) is 4.90 Å². The van der Waals surface area contributed by atoms with Crippen LogP contribution in [0.5, 0.6) is 0 Å². The topological polar surface area (TPSA) is 20.3 Å². The zero-order valence-electron chi connectivity index (χ0n) is 11.1. The second-order valence-electron chi connectivity index (χ2n) is 5.00. The van der Waals surface area contributed by atoms with Gasteiger partial charge in [0.05, 0.1) is 16.7 Å². The van der Waals surface area contributed by atoms with Crippen LogP contribution in [0.1, 0.15) is 17.5 Å². The van der Waals surface area contributed by atoms with E-state index in [-0.39, 0.29) is 17.5 Å². The molecule has 0 bridgehead atoms. The molecule has 0 spiro atoms. The molecule has 0 radical (unpaired) electrons. The normalized spacial score (nSPS) is 14.2. The van der Waals surface area contributed by atoms with Gasteiger partial charge in [-0.05, 0) is 57.7 Å². The fourth-order valence-electron chi connectivity index (χ4n) is 2.50. The van der Waals surface area contributed by atoms with Gasteiger partial charge in [-0.15, -0.1) is 0 Å². The van der Waals surface area contributed by atoms with E-state index in [1.54, 1.807) is 23.1 Å². The molecule has 108 valence electrons. The van der Waals surface area contributed by atoms with Gasteiger partial charge in [0.25, 0.3) is 0 Å². The standard InChI is InChI=1S/C16H12BrF2NO/c17-13-7-10(1-5-14(13)19)9-20-15-8-12(18)4-2-11(15)3-6-16(20)21/h1-2,4-5,7-8H,3,6,9H2. The van der Waals surface area contributed by atoms with Crippen LogP contribution < -0.4 is 4.90 Å². The summed E-state index contributed by atoms with van der Waals surface area (Å²) >= 11 is 3.13. The van der Waals surface area contributed by atoms with Gasteiger partial charge >= 0.3 is 0 Å². The van der Waals surface area contributed by atoms with Gasteiger partial charge in [-0.25, -0.2) is 8.78 Å². The summed E-state index contributed by atoms with van der Waals surface area (Å²) in [6.07, 6.45) is 1.03. The van der Waals surface area contributed by atoms with Gasteiger partial charge in [0.1, 0.15) is 11.6 Å². The summed E-state index contributed by atoms with van der Waals surface area (Å²) in [6.45, 7) is 0.300. The fourth-order valence-corrected chi connectivity index (χ4v) is 2.93. The van der Waals surface area contributed by atoms with Gasteiger partial charge in [0.2, 0.25) is 5.91 Å². The van der Waals surface area contributed by atoms with E-state index in [1.807, 2.05) is 0 Å². The second-order valence-corrected chi connectivity index (χ2v) is 5.86. The number of amides is 1. The van der Waals surface area contributed by atoms with E-state index in [9.17, 15) is 13.6 Å². The maximum absolute atomic E-state index is 13.5. The van der Waals surface area contributed by atoms with E-state index in [0.717, 1.165) is 11.1 Å². The zero-order valence-corrected chi connectivity index (χ0v) is 12.7. The molecular weight excluding hydrogens is 340 g/mol. The Morgan fingerprint density at radius 1 is 1.10 bits per heavy atom. The molecule has 1 aliphatic heterocycles. The van der Waals surface area contributed by atoms with E-state index in [0.29, 0.717) is 29.5 Å². The van der Waals surface area contributed by atoms with E-state index < -0.39 is 0 Å². The van der Waals surface area contributed by atoms with Crippen LogP contribution in [0.2, 0.25) is 0 Å². The Bertz CT molecular complexity index is 717. The maximum Gasteiger partial charge on any atom is 0.227 e. The highest BCUT2D eigenvalue weighted by molar-refractivity contribution is 9.10. The number of carbonyl (C=O) groups excluding carboxylic acids is 1. The van der Waals surface area contributed by atoms with Crippen LogP contribution in [0.15, 0.2) is 40.9 Å². The Labute approximate surface area is 129 Å². The number of anilines is 1. The van der Waals surface area contributed by atoms with Gasteiger partial charge < -0.3 is 4.90 Å². The number of hydrogen-bond acceptors (Lipinski definition) is 1. The molecule has 0 fully saturated rings. The van der Waals surface area contributed by atoms with Crippen molar-refractivity contribution in [3.05, 3.63) is 63.6 Å². The average Bonchev–Trinajstić information content (AvgIpc) is 2.46. The third-order valence-electron chi connectivity index (χ3n) is 3.57. The van der Waals surface area contributed by atoms with Crippen molar-refractivity contribution in [2.24, 2.45) is 0 Å². The quantitative estimate of drug-likeness (QED) is 0.793. The molecule has 1 heterocycles. The number of halogens is 3. The molecule has 2 aromatic rings. The van der Waals surface area contributed by atoms with Gasteiger partial charge in [0.15, 0.2) is 0 Å². The molecule has 1 aliphatic rings. The monoisotopic (exact) mass is 351 g/mol. The van der Waals surface area contributed by atoms with E-state index in [2.05, 4.69) is 15.9 Å². The lowest BCUT2D eigenvalue weighted by molar-refractivity contribution is -0.119. The Balaban J connectivity index is 1.96. The van der Waals surface area contributed by atoms with Crippen LogP contribution in [-0.2, 0) is 17.8 Å². The smallest absolute Gasteiger partial charge is 0.227 e. The van der Waals surface area contributed by atoms with Crippen molar-refractivity contribution in [1.29, 1.82) is 0 Å². The lowest BCUT2D eigenvalue weighted by Crippen LogP contribution is -2.34. The predicted molar refractivity (Wildman–Crippen MR) is 80.0 cm³/mol. The van der Waals surface area contributed by atoms with E-state index in [1.165, 1.54) is 18.2 Å². The summed E-state index contributed by atoms with van der Waals surface area (Å²) in [4.78, 5) is 13.7. The maximum atomic E-state index is 13.5. The summed E-state index contributed by atoms with van der Waals surface area (Å²) in [5.74, 6) is -0.766. The Morgan fingerprint density at radius 2 is 1.90 bits per heavy atom. The minimum atomic E-state index is -0.367. The summed E-state index contributed by atoms with van der Waals surface area (Å²) in [5, 5.41) is 0. The lowest BCUT2D eigenvalue weighted by atomic mass is 10.0. The number of carbonyl (C=O) groups is 1. The molecule has 2 nitrogen and oxygen atoms in total. The molecule has 21 heavy (non-hydrogen) atoms. The summed E-state index contributed by atoms with van der Waals surface area (Å²) in [7, 11) is 0. The van der Waals surface area contributed by atoms with Crippen LogP contribution in [0.25, 0.3) is 0 Å². The molecule has 1 amide bonds. The molecule has 0 aliphatic carbocycles. The first kappa shape index (κ1) is 14.2. The number of benzene rings is 2. The molecule has 2 aromatic carbocycles. The van der Waals surface area contributed by atoms with Gasteiger partial charge in [-0.2, -0.15) is 0 Å². The Kier molecular flexibility index (Phi) is 3.76. The molecule has 0 N–H and O–H groups in total. The van der Waals surface area contributed by atoms with Crippen molar-refractivity contribution >= 4 is 27.5 Å². The summed E-state index contributed by atoms with van der Waals surface area (Å²) in [5.41, 5.74) is 2.35. The van der Waals surface area contributed by atoms with Crippen LogP contribution in [0, 0.1) is 11.6 Å².